The zero-order chi connectivity index (χ0) is 10.9. The summed E-state index contributed by atoms with van der Waals surface area (Å²) < 4.78 is 25.5. The van der Waals surface area contributed by atoms with Gasteiger partial charge in [0.15, 0.2) is 11.6 Å². The Morgan fingerprint density at radius 1 is 1.13 bits per heavy atom. The van der Waals surface area contributed by atoms with Crippen LogP contribution in [0.1, 0.15) is 32.4 Å². The molecule has 0 unspecified atom stereocenters. The Morgan fingerprint density at radius 3 is 2.07 bits per heavy atom. The third kappa shape index (κ3) is 3.43. The Labute approximate surface area is 95.1 Å². The normalized spacial score (nSPS) is 13.2. The van der Waals surface area contributed by atoms with Gasteiger partial charge >= 0.3 is 0 Å². The van der Waals surface area contributed by atoms with Gasteiger partial charge in [-0.25, -0.2) is 8.78 Å². The van der Waals surface area contributed by atoms with E-state index in [-0.39, 0.29) is 23.9 Å². The Balaban J connectivity index is 0.00000196. The van der Waals surface area contributed by atoms with Gasteiger partial charge in [-0.1, -0.05) is 26.8 Å². The maximum Gasteiger partial charge on any atom is 0.159 e. The fourth-order valence-corrected chi connectivity index (χ4v) is 1.21. The summed E-state index contributed by atoms with van der Waals surface area (Å²) in [6, 6.07) is 3.49. The predicted octanol–water partition coefficient (Wildman–Crippen LogP) is 3.43. The standard InChI is InChI=1S/C11H15F2N.ClH/c1-11(2,3)10(14)7-4-5-8(12)9(13)6-7;/h4-6,10H,14H2,1-3H3;1H/t10-;/m1./s1. The van der Waals surface area contributed by atoms with Gasteiger partial charge in [0.1, 0.15) is 0 Å². The molecule has 1 rings (SSSR count). The molecule has 0 aliphatic rings. The predicted molar refractivity (Wildman–Crippen MR) is 60.0 cm³/mol. The molecule has 1 nitrogen and oxygen atoms in total. The Kier molecular flexibility index (Phi) is 4.68. The zero-order valence-corrected chi connectivity index (χ0v) is 9.87. The first kappa shape index (κ1) is 14.3. The van der Waals surface area contributed by atoms with Crippen LogP contribution in [0.25, 0.3) is 0 Å². The van der Waals surface area contributed by atoms with Gasteiger partial charge in [-0.15, -0.1) is 12.4 Å². The summed E-state index contributed by atoms with van der Waals surface area (Å²) in [6.07, 6.45) is 0. The first-order valence-corrected chi connectivity index (χ1v) is 4.53. The zero-order valence-electron chi connectivity index (χ0n) is 9.05. The number of nitrogens with two attached hydrogens (primary N) is 1. The fourth-order valence-electron chi connectivity index (χ4n) is 1.21. The molecule has 0 amide bonds. The number of hydrogen-bond acceptors (Lipinski definition) is 1. The van der Waals surface area contributed by atoms with Gasteiger partial charge in [-0.05, 0) is 23.1 Å². The van der Waals surface area contributed by atoms with Crippen LogP contribution >= 0.6 is 12.4 Å². The van der Waals surface area contributed by atoms with Crippen LogP contribution in [0.5, 0.6) is 0 Å². The molecular weight excluding hydrogens is 220 g/mol. The van der Waals surface area contributed by atoms with Crippen molar-refractivity contribution in [2.24, 2.45) is 11.1 Å². The van der Waals surface area contributed by atoms with Crippen LogP contribution in [0.2, 0.25) is 0 Å². The number of benzene rings is 1. The molecule has 0 aromatic heterocycles. The number of halogens is 3. The molecule has 0 heterocycles. The van der Waals surface area contributed by atoms with Crippen molar-refractivity contribution in [3.63, 3.8) is 0 Å². The van der Waals surface area contributed by atoms with Gasteiger partial charge in [-0.2, -0.15) is 0 Å². The molecule has 2 N–H and O–H groups in total. The average molecular weight is 236 g/mol. The quantitative estimate of drug-likeness (QED) is 0.793. The lowest BCUT2D eigenvalue weighted by atomic mass is 9.83. The Morgan fingerprint density at radius 2 is 1.67 bits per heavy atom. The third-order valence-corrected chi connectivity index (χ3v) is 2.24. The van der Waals surface area contributed by atoms with E-state index < -0.39 is 11.6 Å². The summed E-state index contributed by atoms with van der Waals surface area (Å²) in [6.45, 7) is 5.87. The maximum absolute atomic E-state index is 12.9. The molecule has 15 heavy (non-hydrogen) atoms. The minimum absolute atomic E-state index is 0. The van der Waals surface area contributed by atoms with E-state index in [1.807, 2.05) is 20.8 Å². The second-order valence-electron chi connectivity index (χ2n) is 4.52. The summed E-state index contributed by atoms with van der Waals surface area (Å²) in [5.41, 5.74) is 6.36. The van der Waals surface area contributed by atoms with E-state index in [4.69, 9.17) is 5.73 Å². The highest BCUT2D eigenvalue weighted by atomic mass is 35.5. The van der Waals surface area contributed by atoms with Crippen LogP contribution in [-0.4, -0.2) is 0 Å². The van der Waals surface area contributed by atoms with Crippen molar-refractivity contribution >= 4 is 12.4 Å². The topological polar surface area (TPSA) is 26.0 Å². The second kappa shape index (κ2) is 4.90. The summed E-state index contributed by atoms with van der Waals surface area (Å²) in [4.78, 5) is 0. The van der Waals surface area contributed by atoms with Crippen molar-refractivity contribution in [2.75, 3.05) is 0 Å². The third-order valence-electron chi connectivity index (χ3n) is 2.24. The Bertz CT molecular complexity index is 334. The van der Waals surface area contributed by atoms with Crippen LogP contribution in [0.4, 0.5) is 8.78 Å². The average Bonchev–Trinajstić information content (AvgIpc) is 2.07. The van der Waals surface area contributed by atoms with Gasteiger partial charge in [0.25, 0.3) is 0 Å². The molecule has 0 aliphatic carbocycles. The van der Waals surface area contributed by atoms with Crippen molar-refractivity contribution < 1.29 is 8.78 Å². The van der Waals surface area contributed by atoms with Crippen molar-refractivity contribution in [1.82, 2.24) is 0 Å². The van der Waals surface area contributed by atoms with Crippen LogP contribution in [0.3, 0.4) is 0 Å². The molecule has 86 valence electrons. The number of rotatable bonds is 1. The molecule has 0 saturated heterocycles. The lowest BCUT2D eigenvalue weighted by Gasteiger charge is -2.27. The van der Waals surface area contributed by atoms with Crippen LogP contribution in [0, 0.1) is 17.0 Å². The fraction of sp³-hybridized carbons (Fsp3) is 0.455. The minimum atomic E-state index is -0.845. The summed E-state index contributed by atoms with van der Waals surface area (Å²) in [5, 5.41) is 0. The van der Waals surface area contributed by atoms with Crippen molar-refractivity contribution in [2.45, 2.75) is 26.8 Å². The molecule has 0 aliphatic heterocycles. The summed E-state index contributed by atoms with van der Waals surface area (Å²) in [5.74, 6) is -1.68. The highest BCUT2D eigenvalue weighted by Crippen LogP contribution is 2.30. The molecular formula is C11H16ClF2N. The van der Waals surface area contributed by atoms with Gasteiger partial charge < -0.3 is 5.73 Å². The maximum atomic E-state index is 12.9. The first-order valence-electron chi connectivity index (χ1n) is 4.53. The van der Waals surface area contributed by atoms with E-state index in [2.05, 4.69) is 0 Å². The summed E-state index contributed by atoms with van der Waals surface area (Å²) in [7, 11) is 0. The van der Waals surface area contributed by atoms with Crippen LogP contribution in [0.15, 0.2) is 18.2 Å². The van der Waals surface area contributed by atoms with E-state index in [9.17, 15) is 8.78 Å². The van der Waals surface area contributed by atoms with Gasteiger partial charge in [0, 0.05) is 6.04 Å². The molecule has 0 fully saturated rings. The van der Waals surface area contributed by atoms with E-state index in [0.717, 1.165) is 12.1 Å². The van der Waals surface area contributed by atoms with Gasteiger partial charge in [0.05, 0.1) is 0 Å². The molecule has 4 heteroatoms. The van der Waals surface area contributed by atoms with Crippen molar-refractivity contribution in [1.29, 1.82) is 0 Å². The highest BCUT2D eigenvalue weighted by Gasteiger charge is 2.22. The molecule has 1 aromatic rings. The Hall–Kier alpha value is -0.670. The lowest BCUT2D eigenvalue weighted by Crippen LogP contribution is -2.26. The summed E-state index contributed by atoms with van der Waals surface area (Å²) >= 11 is 0. The lowest BCUT2D eigenvalue weighted by molar-refractivity contribution is 0.325. The molecule has 0 spiro atoms. The highest BCUT2D eigenvalue weighted by molar-refractivity contribution is 5.85. The minimum Gasteiger partial charge on any atom is -0.324 e. The molecule has 0 bridgehead atoms. The van der Waals surface area contributed by atoms with Gasteiger partial charge in [-0.3, -0.25) is 0 Å². The van der Waals surface area contributed by atoms with Crippen LogP contribution in [-0.2, 0) is 0 Å². The van der Waals surface area contributed by atoms with E-state index in [1.165, 1.54) is 6.07 Å². The molecule has 0 saturated carbocycles. The number of hydrogen-bond donors (Lipinski definition) is 1. The van der Waals surface area contributed by atoms with Crippen LogP contribution < -0.4 is 5.73 Å². The van der Waals surface area contributed by atoms with Gasteiger partial charge in [0.2, 0.25) is 0 Å². The van der Waals surface area contributed by atoms with E-state index in [0.29, 0.717) is 5.56 Å². The first-order chi connectivity index (χ1) is 6.32. The second-order valence-corrected chi connectivity index (χ2v) is 4.52. The monoisotopic (exact) mass is 235 g/mol. The smallest absolute Gasteiger partial charge is 0.159 e. The van der Waals surface area contributed by atoms with Crippen molar-refractivity contribution in [3.05, 3.63) is 35.4 Å². The van der Waals surface area contributed by atoms with Crippen molar-refractivity contribution in [3.8, 4) is 0 Å². The SMILES string of the molecule is CC(C)(C)[C@H](N)c1ccc(F)c(F)c1.Cl. The largest absolute Gasteiger partial charge is 0.324 e. The molecule has 1 aromatic carbocycles. The molecule has 1 atom stereocenters. The molecule has 0 radical (unpaired) electrons. The van der Waals surface area contributed by atoms with E-state index in [1.54, 1.807) is 0 Å². The van der Waals surface area contributed by atoms with E-state index >= 15 is 0 Å².